The molecule has 1 fully saturated rings. The van der Waals surface area contributed by atoms with Crippen LogP contribution in [-0.4, -0.2) is 96.2 Å². The average Bonchev–Trinajstić information content (AvgIpc) is 3.84. The molecule has 2 unspecified atom stereocenters. The molecular formula is C48H64N7O9PSi. The predicted octanol–water partition coefficient (Wildman–Crippen LogP) is 9.05. The molecule has 0 bridgehead atoms. The minimum Gasteiger partial charge on any atom is -0.497 e. The number of hydrogen-bond donors (Lipinski definition) is 2. The Hall–Kier alpha value is -5.02. The second-order valence-corrected chi connectivity index (χ2v) is 24.4. The van der Waals surface area contributed by atoms with E-state index in [4.69, 9.17) is 32.4 Å². The standard InChI is InChI=1S/C48H64N7O9PSi/c1-31(2)55(32(3)4)65(61-28-16-27-49)63-41-39(29-60-48(34-17-14-13-15-18-34,35-19-23-37(58-9)24-20-35)36-21-25-38(59-10)26-22-36)62-45(42(41)64-66(11,12)47(6,7)8)54-30-50-40-43(54)52-46(51-33(5)56)53-44(40)57/h13-15,17-26,30-32,39,41-42,45H,16,28-29H2,1-12H3,(H2,51,52,53,56,57)/t39?,41-,42-,45-,65?/m1/s1/i53+1. The van der Waals surface area contributed by atoms with Crippen LogP contribution in [0.15, 0.2) is 90.0 Å². The number of anilines is 1. The van der Waals surface area contributed by atoms with E-state index in [-0.39, 0.29) is 53.9 Å². The molecule has 1 aliphatic heterocycles. The number of aromatic amines is 1. The molecular weight excluding hydrogens is 879 g/mol. The van der Waals surface area contributed by atoms with Crippen molar-refractivity contribution in [2.75, 3.05) is 32.8 Å². The molecule has 1 aliphatic rings. The normalized spacial score (nSPS) is 18.5. The summed E-state index contributed by atoms with van der Waals surface area (Å²) in [5.41, 5.74) is 0.952. The van der Waals surface area contributed by atoms with Crippen LogP contribution in [0.1, 0.15) is 84.7 Å². The van der Waals surface area contributed by atoms with Crippen LogP contribution >= 0.6 is 8.53 Å². The number of fused-ring (bicyclic) bond motifs is 1. The SMILES string of the molecule is COc1ccc(C(OCC2O[C@@H](n3cnc4c(=O)[15nH]c(NC(C)=O)nc43)[C@H](O[Si](C)(C)C(C)(C)C)[C@@H]2OP(OCCC#N)N(C(C)C)C(C)C)(c2ccccc2)c2ccc(OC)cc2)cc1. The molecule has 6 rings (SSSR count). The van der Waals surface area contributed by atoms with Crippen molar-refractivity contribution >= 4 is 39.9 Å². The van der Waals surface area contributed by atoms with E-state index >= 15 is 0 Å². The van der Waals surface area contributed by atoms with Gasteiger partial charge >= 0.3 is 0 Å². The predicted molar refractivity (Wildman–Crippen MR) is 257 cm³/mol. The molecule has 3 aromatic carbocycles. The van der Waals surface area contributed by atoms with E-state index in [1.807, 2.05) is 78.9 Å². The summed E-state index contributed by atoms with van der Waals surface area (Å²) in [7, 11) is -1.28. The van der Waals surface area contributed by atoms with E-state index in [2.05, 4.69) is 92.6 Å². The number of benzene rings is 3. The molecule has 0 spiro atoms. The van der Waals surface area contributed by atoms with Crippen molar-refractivity contribution in [3.63, 3.8) is 0 Å². The minimum atomic E-state index is -2.69. The maximum Gasteiger partial charge on any atom is 0.280 e. The Bertz CT molecular complexity index is 2430. The fourth-order valence-electron chi connectivity index (χ4n) is 7.85. The molecule has 18 heteroatoms. The molecule has 2 aromatic heterocycles. The fourth-order valence-corrected chi connectivity index (χ4v) is 10.9. The zero-order chi connectivity index (χ0) is 48.0. The molecule has 0 aliphatic carbocycles. The Labute approximate surface area is 390 Å². The van der Waals surface area contributed by atoms with E-state index < -0.39 is 58.5 Å². The van der Waals surface area contributed by atoms with Crippen molar-refractivity contribution in [3.05, 3.63) is 112 Å². The number of aromatic nitrogens is 4. The lowest BCUT2D eigenvalue weighted by Crippen LogP contribution is -2.50. The van der Waals surface area contributed by atoms with Gasteiger partial charge in [0.05, 0.1) is 46.3 Å². The van der Waals surface area contributed by atoms with Crippen LogP contribution in [0, 0.1) is 11.3 Å². The van der Waals surface area contributed by atoms with Gasteiger partial charge in [-0.15, -0.1) is 0 Å². The van der Waals surface area contributed by atoms with Gasteiger partial charge in [0.1, 0.15) is 35.4 Å². The second kappa shape index (κ2) is 21.3. The molecule has 5 aromatic rings. The van der Waals surface area contributed by atoms with E-state index in [9.17, 15) is 14.9 Å². The van der Waals surface area contributed by atoms with Gasteiger partial charge in [-0.1, -0.05) is 75.4 Å². The van der Waals surface area contributed by atoms with E-state index in [0.717, 1.165) is 16.7 Å². The van der Waals surface area contributed by atoms with Gasteiger partial charge in [0, 0.05) is 19.0 Å². The molecule has 2 N–H and O–H groups in total. The van der Waals surface area contributed by atoms with Crippen molar-refractivity contribution in [2.24, 2.45) is 0 Å². The van der Waals surface area contributed by atoms with Gasteiger partial charge in [0.15, 0.2) is 25.7 Å². The quantitative estimate of drug-likeness (QED) is 0.0326. The zero-order valence-corrected chi connectivity index (χ0v) is 41.9. The number of rotatable bonds is 20. The van der Waals surface area contributed by atoms with Gasteiger partial charge < -0.3 is 32.4 Å². The zero-order valence-electron chi connectivity index (χ0n) is 40.0. The van der Waals surface area contributed by atoms with Gasteiger partial charge in [-0.2, -0.15) is 10.2 Å². The molecule has 0 radical (unpaired) electrons. The van der Waals surface area contributed by atoms with Gasteiger partial charge in [-0.3, -0.25) is 24.5 Å². The number of imidazole rings is 1. The summed E-state index contributed by atoms with van der Waals surface area (Å²) < 4.78 is 51.1. The van der Waals surface area contributed by atoms with E-state index in [1.54, 1.807) is 18.8 Å². The second-order valence-electron chi connectivity index (χ2n) is 18.3. The number of ether oxygens (including phenoxy) is 4. The molecule has 3 heterocycles. The monoisotopic (exact) mass is 942 g/mol. The highest BCUT2D eigenvalue weighted by Gasteiger charge is 2.54. The number of methoxy groups -OCH3 is 2. The van der Waals surface area contributed by atoms with Crippen molar-refractivity contribution in [1.82, 2.24) is 24.2 Å². The number of carbonyl (C=O) groups excluding carboxylic acids is 1. The third-order valence-corrected chi connectivity index (χ3v) is 18.6. The molecule has 1 amide bonds. The summed E-state index contributed by atoms with van der Waals surface area (Å²) >= 11 is 0. The number of nitrogens with one attached hydrogen (secondary N) is 2. The Kier molecular flexibility index (Phi) is 16.3. The van der Waals surface area contributed by atoms with Crippen LogP contribution in [0.4, 0.5) is 5.95 Å². The lowest BCUT2D eigenvalue weighted by molar-refractivity contribution is -0.114. The summed E-state index contributed by atoms with van der Waals surface area (Å²) in [6, 6.07) is 27.7. The van der Waals surface area contributed by atoms with Crippen LogP contribution < -0.4 is 20.3 Å². The van der Waals surface area contributed by atoms with Crippen molar-refractivity contribution in [1.29, 1.82) is 5.26 Å². The summed E-state index contributed by atoms with van der Waals surface area (Å²) in [5.74, 6) is 0.913. The molecule has 354 valence electrons. The highest BCUT2D eigenvalue weighted by atomic mass is 31.2. The first kappa shape index (κ1) is 50.4. The summed E-state index contributed by atoms with van der Waals surface area (Å²) in [5, 5.41) is 11.9. The lowest BCUT2D eigenvalue weighted by Gasteiger charge is -2.42. The van der Waals surface area contributed by atoms with Crippen LogP contribution in [0.25, 0.3) is 11.2 Å². The number of nitrogens with zero attached hydrogens (tertiary/aromatic N) is 5. The molecule has 1 saturated heterocycles. The molecule has 66 heavy (non-hydrogen) atoms. The maximum absolute atomic E-state index is 13.5. The van der Waals surface area contributed by atoms with Crippen molar-refractivity contribution in [2.45, 2.75) is 122 Å². The van der Waals surface area contributed by atoms with E-state index in [1.165, 1.54) is 13.3 Å². The first-order chi connectivity index (χ1) is 31.3. The van der Waals surface area contributed by atoms with Gasteiger partial charge in [0.25, 0.3) is 14.1 Å². The van der Waals surface area contributed by atoms with Crippen LogP contribution in [0.2, 0.25) is 18.1 Å². The molecule has 16 nitrogen and oxygen atoms in total. The minimum absolute atomic E-state index is 0.0117. The highest BCUT2D eigenvalue weighted by Crippen LogP contribution is 2.53. The van der Waals surface area contributed by atoms with Gasteiger partial charge in [-0.05, 0) is 86.8 Å². The molecule has 5 atom stereocenters. The van der Waals surface area contributed by atoms with Crippen LogP contribution in [-0.2, 0) is 33.3 Å². The summed E-state index contributed by atoms with van der Waals surface area (Å²) in [6.07, 6.45) is -1.88. The Balaban J connectivity index is 1.59. The topological polar surface area (TPSA) is 184 Å². The number of nitriles is 1. The Morgan fingerprint density at radius 3 is 2.03 bits per heavy atom. The third-order valence-electron chi connectivity index (χ3n) is 12.0. The summed E-state index contributed by atoms with van der Waals surface area (Å²) in [6.45, 7) is 20.5. The largest absolute Gasteiger partial charge is 0.497 e. The first-order valence-corrected chi connectivity index (χ1v) is 26.2. The highest BCUT2D eigenvalue weighted by molar-refractivity contribution is 7.44. The third kappa shape index (κ3) is 10.9. The average molecular weight is 943 g/mol. The summed E-state index contributed by atoms with van der Waals surface area (Å²) in [4.78, 5) is 37.4. The van der Waals surface area contributed by atoms with Gasteiger partial charge in [0.2, 0.25) is 11.9 Å². The number of carbonyl (C=O) groups is 1. The Morgan fingerprint density at radius 2 is 1.52 bits per heavy atom. The first-order valence-electron chi connectivity index (χ1n) is 22.2. The number of H-pyrrole nitrogens is 1. The maximum atomic E-state index is 13.5. The van der Waals surface area contributed by atoms with E-state index in [0.29, 0.717) is 11.5 Å². The number of amides is 1. The van der Waals surface area contributed by atoms with Crippen LogP contribution in [0.3, 0.4) is 0 Å². The van der Waals surface area contributed by atoms with Crippen LogP contribution in [0.5, 0.6) is 11.5 Å². The molecule has 0 saturated carbocycles. The fraction of sp³-hybridized carbons (Fsp3) is 0.479. The van der Waals surface area contributed by atoms with Crippen molar-refractivity contribution in [3.8, 4) is 17.6 Å². The smallest absolute Gasteiger partial charge is 0.280 e. The Morgan fingerprint density at radius 1 is 0.939 bits per heavy atom. The number of hydrogen-bond acceptors (Lipinski definition) is 13. The van der Waals surface area contributed by atoms with Gasteiger partial charge in [-0.25, -0.2) is 9.65 Å². The lowest BCUT2D eigenvalue weighted by atomic mass is 9.80. The van der Waals surface area contributed by atoms with Crippen molar-refractivity contribution < 1.29 is 37.2 Å².